The van der Waals surface area contributed by atoms with Gasteiger partial charge in [-0.1, -0.05) is 37.6 Å². The van der Waals surface area contributed by atoms with E-state index in [0.717, 1.165) is 42.9 Å². The van der Waals surface area contributed by atoms with Crippen LogP contribution in [0.1, 0.15) is 54.5 Å². The van der Waals surface area contributed by atoms with Crippen LogP contribution in [0.4, 0.5) is 5.69 Å². The summed E-state index contributed by atoms with van der Waals surface area (Å²) in [5.74, 6) is 0.427. The van der Waals surface area contributed by atoms with Gasteiger partial charge in [0, 0.05) is 25.4 Å². The average molecular weight is 403 g/mol. The third-order valence-corrected chi connectivity index (χ3v) is 5.77. The zero-order valence-corrected chi connectivity index (χ0v) is 17.4. The number of carbonyl (C=O) groups is 1. The second kappa shape index (κ2) is 7.76. The van der Waals surface area contributed by atoms with Crippen molar-refractivity contribution in [3.8, 4) is 0 Å². The smallest absolute Gasteiger partial charge is 0.257 e. The number of benzene rings is 1. The van der Waals surface area contributed by atoms with Gasteiger partial charge in [-0.3, -0.25) is 9.48 Å². The van der Waals surface area contributed by atoms with Gasteiger partial charge in [-0.05, 0) is 37.8 Å². The first-order valence-corrected chi connectivity index (χ1v) is 10.3. The van der Waals surface area contributed by atoms with Crippen LogP contribution in [-0.2, 0) is 11.3 Å². The van der Waals surface area contributed by atoms with Crippen LogP contribution in [0.3, 0.4) is 0 Å². The van der Waals surface area contributed by atoms with Crippen molar-refractivity contribution < 1.29 is 9.53 Å². The molecular weight excluding hydrogens is 376 g/mol. The van der Waals surface area contributed by atoms with Crippen LogP contribution in [-0.4, -0.2) is 39.8 Å². The van der Waals surface area contributed by atoms with Gasteiger partial charge in [-0.2, -0.15) is 5.10 Å². The number of para-hydroxylation sites is 1. The monoisotopic (exact) mass is 402 g/mol. The van der Waals surface area contributed by atoms with Crippen molar-refractivity contribution in [3.05, 3.63) is 46.2 Å². The SMILES string of the molecule is Cc1nn(CC(C)C)c(Cl)c1[C@H]1Nc2ccccc2C(=O)N1C[C@H]1CCCO1. The molecule has 0 aliphatic carbocycles. The molecule has 3 heterocycles. The molecule has 2 atom stereocenters. The molecule has 7 heteroatoms. The molecular formula is C21H27ClN4O2. The van der Waals surface area contributed by atoms with Crippen molar-refractivity contribution >= 4 is 23.2 Å². The normalized spacial score (nSPS) is 21.9. The predicted molar refractivity (Wildman–Crippen MR) is 110 cm³/mol. The molecule has 0 spiro atoms. The minimum Gasteiger partial charge on any atom is -0.376 e. The molecule has 0 bridgehead atoms. The van der Waals surface area contributed by atoms with Crippen molar-refractivity contribution in [1.82, 2.24) is 14.7 Å². The third kappa shape index (κ3) is 3.51. The maximum absolute atomic E-state index is 13.4. The largest absolute Gasteiger partial charge is 0.376 e. The number of aryl methyl sites for hydroxylation is 1. The number of aromatic nitrogens is 2. The molecule has 1 aromatic heterocycles. The second-order valence-corrected chi connectivity index (χ2v) is 8.41. The van der Waals surface area contributed by atoms with Gasteiger partial charge in [0.2, 0.25) is 0 Å². The Labute approximate surface area is 170 Å². The molecule has 0 saturated carbocycles. The molecule has 1 N–H and O–H groups in total. The summed E-state index contributed by atoms with van der Waals surface area (Å²) in [4.78, 5) is 15.2. The maximum Gasteiger partial charge on any atom is 0.257 e. The lowest BCUT2D eigenvalue weighted by atomic mass is 10.0. The maximum atomic E-state index is 13.4. The number of halogens is 1. The van der Waals surface area contributed by atoms with Crippen LogP contribution in [0.5, 0.6) is 0 Å². The standard InChI is InChI=1S/C21H27ClN4O2/c1-13(2)11-26-19(22)18(14(3)24-26)20-23-17-9-5-4-8-16(17)21(27)25(20)12-15-7-6-10-28-15/h4-5,8-9,13,15,20,23H,6-7,10-12H2,1-3H3/t15-,20+/m1/s1. The fourth-order valence-electron chi connectivity index (χ4n) is 4.06. The summed E-state index contributed by atoms with van der Waals surface area (Å²) < 4.78 is 7.66. The molecule has 6 nitrogen and oxygen atoms in total. The van der Waals surface area contributed by atoms with Crippen LogP contribution < -0.4 is 5.32 Å². The van der Waals surface area contributed by atoms with Crippen molar-refractivity contribution in [3.63, 3.8) is 0 Å². The third-order valence-electron chi connectivity index (χ3n) is 5.37. The molecule has 1 aromatic carbocycles. The Morgan fingerprint density at radius 3 is 2.86 bits per heavy atom. The van der Waals surface area contributed by atoms with E-state index >= 15 is 0 Å². The number of fused-ring (bicyclic) bond motifs is 1. The summed E-state index contributed by atoms with van der Waals surface area (Å²) in [5.41, 5.74) is 3.21. The number of ether oxygens (including phenoxy) is 1. The van der Waals surface area contributed by atoms with Crippen LogP contribution in [0.25, 0.3) is 0 Å². The van der Waals surface area contributed by atoms with E-state index in [1.54, 1.807) is 0 Å². The van der Waals surface area contributed by atoms with E-state index in [0.29, 0.717) is 23.2 Å². The lowest BCUT2D eigenvalue weighted by Crippen LogP contribution is -2.46. The number of hydrogen-bond donors (Lipinski definition) is 1. The van der Waals surface area contributed by atoms with Crippen LogP contribution in [0.2, 0.25) is 5.15 Å². The number of nitrogens with zero attached hydrogens (tertiary/aromatic N) is 3. The Hall–Kier alpha value is -2.05. The minimum atomic E-state index is -0.361. The number of rotatable bonds is 5. The summed E-state index contributed by atoms with van der Waals surface area (Å²) in [7, 11) is 0. The molecule has 150 valence electrons. The second-order valence-electron chi connectivity index (χ2n) is 8.05. The van der Waals surface area contributed by atoms with Crippen molar-refractivity contribution in [2.45, 2.75) is 52.4 Å². The number of anilines is 1. The highest BCUT2D eigenvalue weighted by atomic mass is 35.5. The molecule has 0 radical (unpaired) electrons. The molecule has 4 rings (SSSR count). The lowest BCUT2D eigenvalue weighted by molar-refractivity contribution is 0.0426. The molecule has 1 fully saturated rings. The Morgan fingerprint density at radius 2 is 2.14 bits per heavy atom. The van der Waals surface area contributed by atoms with Crippen LogP contribution >= 0.6 is 11.6 Å². The average Bonchev–Trinajstić information content (AvgIpc) is 3.26. The molecule has 2 aliphatic rings. The lowest BCUT2D eigenvalue weighted by Gasteiger charge is -2.39. The van der Waals surface area contributed by atoms with Crippen molar-refractivity contribution in [1.29, 1.82) is 0 Å². The first kappa shape index (κ1) is 19.3. The zero-order valence-electron chi connectivity index (χ0n) is 16.6. The van der Waals surface area contributed by atoms with E-state index in [4.69, 9.17) is 16.3 Å². The molecule has 1 saturated heterocycles. The van der Waals surface area contributed by atoms with Crippen molar-refractivity contribution in [2.24, 2.45) is 5.92 Å². The Balaban J connectivity index is 1.74. The van der Waals surface area contributed by atoms with Gasteiger partial charge >= 0.3 is 0 Å². The quantitative estimate of drug-likeness (QED) is 0.812. The van der Waals surface area contributed by atoms with Crippen LogP contribution in [0.15, 0.2) is 24.3 Å². The Kier molecular flexibility index (Phi) is 5.34. The highest BCUT2D eigenvalue weighted by Gasteiger charge is 2.38. The fraction of sp³-hybridized carbons (Fsp3) is 0.524. The van der Waals surface area contributed by atoms with E-state index in [1.807, 2.05) is 40.8 Å². The van der Waals surface area contributed by atoms with Gasteiger partial charge < -0.3 is 15.0 Å². The first-order valence-electron chi connectivity index (χ1n) is 9.96. The Bertz CT molecular complexity index is 873. The highest BCUT2D eigenvalue weighted by molar-refractivity contribution is 6.30. The summed E-state index contributed by atoms with van der Waals surface area (Å²) in [6.07, 6.45) is 1.70. The topological polar surface area (TPSA) is 59.4 Å². The number of nitrogens with one attached hydrogen (secondary N) is 1. The van der Waals surface area contributed by atoms with E-state index in [1.165, 1.54) is 0 Å². The van der Waals surface area contributed by atoms with E-state index in [2.05, 4.69) is 24.3 Å². The van der Waals surface area contributed by atoms with E-state index in [-0.39, 0.29) is 18.2 Å². The summed E-state index contributed by atoms with van der Waals surface area (Å²) in [5, 5.41) is 8.77. The molecule has 28 heavy (non-hydrogen) atoms. The molecule has 0 unspecified atom stereocenters. The first-order chi connectivity index (χ1) is 13.5. The summed E-state index contributed by atoms with van der Waals surface area (Å²) in [6.45, 7) is 8.26. The van der Waals surface area contributed by atoms with Gasteiger partial charge in [-0.25, -0.2) is 0 Å². The van der Waals surface area contributed by atoms with Crippen molar-refractivity contribution in [2.75, 3.05) is 18.5 Å². The van der Waals surface area contributed by atoms with Crippen LogP contribution in [0, 0.1) is 12.8 Å². The number of carbonyl (C=O) groups excluding carboxylic acids is 1. The molecule has 2 aromatic rings. The Morgan fingerprint density at radius 1 is 1.36 bits per heavy atom. The minimum absolute atomic E-state index is 0.00178. The predicted octanol–water partition coefficient (Wildman–Crippen LogP) is 4.25. The van der Waals surface area contributed by atoms with E-state index < -0.39 is 0 Å². The zero-order chi connectivity index (χ0) is 19.8. The molecule has 2 aliphatic heterocycles. The van der Waals surface area contributed by atoms with Gasteiger partial charge in [0.05, 0.1) is 22.9 Å². The summed E-state index contributed by atoms with van der Waals surface area (Å²) >= 11 is 6.76. The fourth-order valence-corrected chi connectivity index (χ4v) is 4.41. The van der Waals surface area contributed by atoms with Gasteiger partial charge in [0.15, 0.2) is 0 Å². The highest BCUT2D eigenvalue weighted by Crippen LogP contribution is 2.38. The van der Waals surface area contributed by atoms with E-state index in [9.17, 15) is 4.79 Å². The number of amides is 1. The van der Waals surface area contributed by atoms with Gasteiger partial charge in [0.25, 0.3) is 5.91 Å². The number of hydrogen-bond acceptors (Lipinski definition) is 4. The van der Waals surface area contributed by atoms with Gasteiger partial charge in [0.1, 0.15) is 11.3 Å². The summed E-state index contributed by atoms with van der Waals surface area (Å²) in [6, 6.07) is 7.62. The molecule has 1 amide bonds. The van der Waals surface area contributed by atoms with Gasteiger partial charge in [-0.15, -0.1) is 0 Å².